The number of amides is 2. The molecule has 8 nitrogen and oxygen atoms in total. The van der Waals surface area contributed by atoms with Gasteiger partial charge in [-0.05, 0) is 31.0 Å². The molecule has 0 atom stereocenters. The van der Waals surface area contributed by atoms with Gasteiger partial charge in [0.2, 0.25) is 0 Å². The summed E-state index contributed by atoms with van der Waals surface area (Å²) in [6, 6.07) is 4.72. The van der Waals surface area contributed by atoms with Crippen LogP contribution in [-0.4, -0.2) is 41.7 Å². The molecule has 2 N–H and O–H groups in total. The summed E-state index contributed by atoms with van der Waals surface area (Å²) in [6.07, 6.45) is 2.05. The molecule has 1 saturated carbocycles. The van der Waals surface area contributed by atoms with E-state index in [2.05, 4.69) is 20.8 Å². The van der Waals surface area contributed by atoms with E-state index in [1.807, 2.05) is 0 Å². The van der Waals surface area contributed by atoms with E-state index in [0.29, 0.717) is 27.5 Å². The van der Waals surface area contributed by atoms with Crippen molar-refractivity contribution in [2.24, 2.45) is 0 Å². The highest BCUT2D eigenvalue weighted by molar-refractivity contribution is 6.35. The average Bonchev–Trinajstić information content (AvgIpc) is 3.34. The summed E-state index contributed by atoms with van der Waals surface area (Å²) >= 11 is 11.7. The minimum atomic E-state index is -0.470. The molecule has 1 aromatic carbocycles. The lowest BCUT2D eigenvalue weighted by Gasteiger charge is -2.09. The highest BCUT2D eigenvalue weighted by atomic mass is 35.5. The summed E-state index contributed by atoms with van der Waals surface area (Å²) < 4.78 is 10.2. The van der Waals surface area contributed by atoms with Gasteiger partial charge in [-0.2, -0.15) is 4.98 Å². The Labute approximate surface area is 159 Å². The van der Waals surface area contributed by atoms with Gasteiger partial charge in [-0.25, -0.2) is 0 Å². The van der Waals surface area contributed by atoms with Crippen molar-refractivity contribution in [1.82, 2.24) is 20.8 Å². The van der Waals surface area contributed by atoms with E-state index in [9.17, 15) is 9.59 Å². The Hall–Kier alpha value is -2.32. The number of aromatic nitrogens is 2. The number of ether oxygens (including phenoxy) is 1. The van der Waals surface area contributed by atoms with Crippen LogP contribution in [0.1, 0.15) is 35.3 Å². The van der Waals surface area contributed by atoms with Crippen LogP contribution >= 0.6 is 23.2 Å². The number of nitrogens with one attached hydrogen (secondary N) is 2. The molecule has 0 bridgehead atoms. The van der Waals surface area contributed by atoms with E-state index in [1.54, 1.807) is 12.1 Å². The first-order valence-electron chi connectivity index (χ1n) is 7.99. The minimum absolute atomic E-state index is 0.0704. The first-order valence-corrected chi connectivity index (χ1v) is 8.75. The summed E-state index contributed by atoms with van der Waals surface area (Å²) in [4.78, 5) is 27.6. The van der Waals surface area contributed by atoms with Crippen LogP contribution in [0.5, 0.6) is 5.75 Å². The Bertz CT molecular complexity index is 807. The van der Waals surface area contributed by atoms with Crippen molar-refractivity contribution in [1.29, 1.82) is 0 Å². The highest BCUT2D eigenvalue weighted by Crippen LogP contribution is 2.38. The predicted octanol–water partition coefficient (Wildman–Crippen LogP) is 2.18. The molecule has 138 valence electrons. The highest BCUT2D eigenvalue weighted by Gasteiger charge is 2.29. The number of rotatable bonds is 8. The molecule has 0 saturated heterocycles. The molecule has 0 aliphatic heterocycles. The molecule has 2 aromatic rings. The lowest BCUT2D eigenvalue weighted by Crippen LogP contribution is -2.36. The largest absolute Gasteiger partial charge is 0.482 e. The maximum Gasteiger partial charge on any atom is 0.315 e. The van der Waals surface area contributed by atoms with Crippen LogP contribution in [0.3, 0.4) is 0 Å². The van der Waals surface area contributed by atoms with Gasteiger partial charge >= 0.3 is 11.8 Å². The van der Waals surface area contributed by atoms with Crippen LogP contribution in [0.25, 0.3) is 0 Å². The van der Waals surface area contributed by atoms with E-state index < -0.39 is 5.91 Å². The molecular formula is C16H16Cl2N4O4. The number of hydrogen-bond acceptors (Lipinski definition) is 6. The molecule has 1 aromatic heterocycles. The molecule has 26 heavy (non-hydrogen) atoms. The number of nitrogens with zero attached hydrogens (tertiary/aromatic N) is 2. The van der Waals surface area contributed by atoms with Crippen LogP contribution in [0.2, 0.25) is 10.0 Å². The van der Waals surface area contributed by atoms with Crippen molar-refractivity contribution < 1.29 is 18.8 Å². The second-order valence-electron chi connectivity index (χ2n) is 5.70. The smallest absolute Gasteiger partial charge is 0.315 e. The van der Waals surface area contributed by atoms with Crippen LogP contribution < -0.4 is 15.4 Å². The topological polar surface area (TPSA) is 106 Å². The lowest BCUT2D eigenvalue weighted by molar-refractivity contribution is -0.123. The molecule has 3 rings (SSSR count). The second-order valence-corrected chi connectivity index (χ2v) is 6.54. The van der Waals surface area contributed by atoms with Crippen molar-refractivity contribution in [2.45, 2.75) is 18.8 Å². The molecular weight excluding hydrogens is 383 g/mol. The first kappa shape index (κ1) is 18.5. The summed E-state index contributed by atoms with van der Waals surface area (Å²) in [6.45, 7) is 0.239. The van der Waals surface area contributed by atoms with Crippen molar-refractivity contribution >= 4 is 35.0 Å². The normalized spacial score (nSPS) is 13.3. The van der Waals surface area contributed by atoms with Gasteiger partial charge < -0.3 is 19.9 Å². The van der Waals surface area contributed by atoms with E-state index in [1.165, 1.54) is 6.07 Å². The molecule has 1 aliphatic rings. The van der Waals surface area contributed by atoms with Gasteiger partial charge in [0.1, 0.15) is 5.75 Å². The quantitative estimate of drug-likeness (QED) is 0.659. The van der Waals surface area contributed by atoms with Crippen molar-refractivity contribution in [3.05, 3.63) is 40.0 Å². The fourth-order valence-electron chi connectivity index (χ4n) is 2.07. The summed E-state index contributed by atoms with van der Waals surface area (Å²) in [7, 11) is 0. The van der Waals surface area contributed by atoms with Crippen LogP contribution in [0.15, 0.2) is 22.7 Å². The lowest BCUT2D eigenvalue weighted by atomic mass is 10.3. The van der Waals surface area contributed by atoms with Crippen LogP contribution in [0, 0.1) is 0 Å². The van der Waals surface area contributed by atoms with Gasteiger partial charge in [0.15, 0.2) is 12.4 Å². The fourth-order valence-corrected chi connectivity index (χ4v) is 2.54. The molecule has 0 unspecified atom stereocenters. The maximum absolute atomic E-state index is 11.9. The molecule has 0 spiro atoms. The van der Waals surface area contributed by atoms with Gasteiger partial charge in [-0.3, -0.25) is 9.59 Å². The number of halogens is 2. The van der Waals surface area contributed by atoms with Crippen molar-refractivity contribution in [2.75, 3.05) is 19.7 Å². The zero-order valence-corrected chi connectivity index (χ0v) is 15.1. The standard InChI is InChI=1S/C16H16Cl2N4O4/c17-10-3-4-12(11(18)7-10)25-8-13(23)19-5-6-20-15(24)16-21-14(22-26-16)9-1-2-9/h3-4,7,9H,1-2,5-6,8H2,(H,19,23)(H,20,24). The van der Waals surface area contributed by atoms with Crippen LogP contribution in [0.4, 0.5) is 0 Å². The Kier molecular flexibility index (Phi) is 5.95. The van der Waals surface area contributed by atoms with E-state index >= 15 is 0 Å². The maximum atomic E-state index is 11.9. The molecule has 0 radical (unpaired) electrons. The van der Waals surface area contributed by atoms with E-state index in [0.717, 1.165) is 12.8 Å². The Morgan fingerprint density at radius 3 is 2.73 bits per heavy atom. The van der Waals surface area contributed by atoms with Gasteiger partial charge in [0.05, 0.1) is 5.02 Å². The van der Waals surface area contributed by atoms with E-state index in [-0.39, 0.29) is 31.5 Å². The molecule has 1 heterocycles. The first-order chi connectivity index (χ1) is 12.5. The number of benzene rings is 1. The molecule has 10 heteroatoms. The fraction of sp³-hybridized carbons (Fsp3) is 0.375. The monoisotopic (exact) mass is 398 g/mol. The molecule has 1 aliphatic carbocycles. The minimum Gasteiger partial charge on any atom is -0.482 e. The zero-order valence-electron chi connectivity index (χ0n) is 13.6. The van der Waals surface area contributed by atoms with Gasteiger partial charge in [-0.1, -0.05) is 28.4 Å². The van der Waals surface area contributed by atoms with Gasteiger partial charge in [0, 0.05) is 24.0 Å². The zero-order chi connectivity index (χ0) is 18.5. The van der Waals surface area contributed by atoms with Gasteiger partial charge in [-0.15, -0.1) is 0 Å². The third-order valence-corrected chi connectivity index (χ3v) is 4.09. The second kappa shape index (κ2) is 8.37. The van der Waals surface area contributed by atoms with Crippen molar-refractivity contribution in [3.63, 3.8) is 0 Å². The summed E-state index contributed by atoms with van der Waals surface area (Å²) in [5, 5.41) is 9.77. The SMILES string of the molecule is O=C(COc1ccc(Cl)cc1Cl)NCCNC(=O)c1nc(C2CC2)no1. The van der Waals surface area contributed by atoms with Crippen molar-refractivity contribution in [3.8, 4) is 5.75 Å². The Balaban J connectivity index is 1.33. The molecule has 2 amide bonds. The number of carbonyl (C=O) groups is 2. The van der Waals surface area contributed by atoms with E-state index in [4.69, 9.17) is 32.5 Å². The van der Waals surface area contributed by atoms with Crippen LogP contribution in [-0.2, 0) is 4.79 Å². The molecule has 1 fully saturated rings. The Morgan fingerprint density at radius 1 is 1.23 bits per heavy atom. The summed E-state index contributed by atoms with van der Waals surface area (Å²) in [5.41, 5.74) is 0. The van der Waals surface area contributed by atoms with Gasteiger partial charge in [0.25, 0.3) is 5.91 Å². The third kappa shape index (κ3) is 5.09. The average molecular weight is 399 g/mol. The number of hydrogen-bond donors (Lipinski definition) is 2. The summed E-state index contributed by atoms with van der Waals surface area (Å²) in [5.74, 6) is 0.360. The number of carbonyl (C=O) groups excluding carboxylic acids is 2. The third-order valence-electron chi connectivity index (χ3n) is 3.56. The predicted molar refractivity (Wildman–Crippen MR) is 93.6 cm³/mol. The Morgan fingerprint density at radius 2 is 2.00 bits per heavy atom.